The van der Waals surface area contributed by atoms with Crippen LogP contribution in [0.3, 0.4) is 0 Å². The molecule has 0 radical (unpaired) electrons. The summed E-state index contributed by atoms with van der Waals surface area (Å²) in [6.45, 7) is 6.17. The van der Waals surface area contributed by atoms with Gasteiger partial charge in [0.15, 0.2) is 11.6 Å². The third-order valence-corrected chi connectivity index (χ3v) is 2.84. The van der Waals surface area contributed by atoms with Gasteiger partial charge in [0.25, 0.3) is 0 Å². The summed E-state index contributed by atoms with van der Waals surface area (Å²) in [4.78, 5) is 10.8. The molecule has 0 fully saturated rings. The van der Waals surface area contributed by atoms with Crippen molar-refractivity contribution in [2.75, 3.05) is 6.61 Å². The van der Waals surface area contributed by atoms with Gasteiger partial charge in [-0.3, -0.25) is 0 Å². The first-order chi connectivity index (χ1) is 9.00. The van der Waals surface area contributed by atoms with Gasteiger partial charge >= 0.3 is 0 Å². The summed E-state index contributed by atoms with van der Waals surface area (Å²) >= 11 is 0. The van der Waals surface area contributed by atoms with E-state index in [-0.39, 0.29) is 11.6 Å². The number of carbonyl (C=O) groups excluding carboxylic acids is 1. The fourth-order valence-electron chi connectivity index (χ4n) is 1.81. The summed E-state index contributed by atoms with van der Waals surface area (Å²) in [5.41, 5.74) is 0.671. The number of carbonyl (C=O) groups is 1. The number of benzene rings is 1. The smallest absolute Gasteiger partial charge is 0.168 e. The van der Waals surface area contributed by atoms with Crippen molar-refractivity contribution in [3.63, 3.8) is 0 Å². The van der Waals surface area contributed by atoms with Crippen molar-refractivity contribution < 1.29 is 13.9 Å². The van der Waals surface area contributed by atoms with Crippen LogP contribution in [0.5, 0.6) is 5.75 Å². The van der Waals surface area contributed by atoms with Crippen LogP contribution in [0.25, 0.3) is 0 Å². The summed E-state index contributed by atoms with van der Waals surface area (Å²) in [6, 6.07) is 5.27. The molecule has 0 N–H and O–H groups in total. The highest BCUT2D eigenvalue weighted by Gasteiger charge is 2.09. The van der Waals surface area contributed by atoms with Crippen molar-refractivity contribution in [2.24, 2.45) is 5.92 Å². The Kier molecular flexibility index (Phi) is 6.54. The molecule has 0 heterocycles. The average Bonchev–Trinajstić information content (AvgIpc) is 2.34. The number of ketones is 1. The van der Waals surface area contributed by atoms with Gasteiger partial charge in [0.2, 0.25) is 0 Å². The Morgan fingerprint density at radius 3 is 2.68 bits per heavy atom. The minimum atomic E-state index is -0.258. The lowest BCUT2D eigenvalue weighted by molar-refractivity contribution is -0.117. The molecule has 0 aliphatic carbocycles. The van der Waals surface area contributed by atoms with E-state index >= 15 is 0 Å². The van der Waals surface area contributed by atoms with Crippen LogP contribution < -0.4 is 4.74 Å². The van der Waals surface area contributed by atoms with E-state index in [0.717, 1.165) is 12.8 Å². The van der Waals surface area contributed by atoms with Crippen molar-refractivity contribution in [1.82, 2.24) is 0 Å². The lowest BCUT2D eigenvalue weighted by Gasteiger charge is -2.11. The molecule has 0 spiro atoms. The predicted molar refractivity (Wildman–Crippen MR) is 75.0 cm³/mol. The molecule has 1 aromatic rings. The summed E-state index contributed by atoms with van der Waals surface area (Å²) in [6.07, 6.45) is 2.86. The van der Waals surface area contributed by atoms with Gasteiger partial charge in [-0.15, -0.1) is 0 Å². The molecule has 0 atom stereocenters. The van der Waals surface area contributed by atoms with E-state index in [4.69, 9.17) is 4.74 Å². The van der Waals surface area contributed by atoms with Crippen molar-refractivity contribution in [1.29, 1.82) is 0 Å². The Morgan fingerprint density at radius 2 is 2.05 bits per heavy atom. The summed E-state index contributed by atoms with van der Waals surface area (Å²) < 4.78 is 19.6. The van der Waals surface area contributed by atoms with Crippen LogP contribution in [0.2, 0.25) is 0 Å². The molecule has 19 heavy (non-hydrogen) atoms. The minimum Gasteiger partial charge on any atom is -0.490 e. The number of hydrogen-bond acceptors (Lipinski definition) is 2. The quantitative estimate of drug-likeness (QED) is 0.660. The van der Waals surface area contributed by atoms with E-state index in [1.165, 1.54) is 0 Å². The predicted octanol–water partition coefficient (Wildman–Crippen LogP) is 4.16. The highest BCUT2D eigenvalue weighted by Crippen LogP contribution is 2.22. The topological polar surface area (TPSA) is 26.3 Å². The second-order valence-electron chi connectivity index (χ2n) is 5.34. The van der Waals surface area contributed by atoms with E-state index < -0.39 is 0 Å². The number of rotatable bonds is 8. The Hall–Kier alpha value is -1.38. The molecule has 2 nitrogen and oxygen atoms in total. The molecular formula is C16H23FO2. The number of halogens is 1. The van der Waals surface area contributed by atoms with Gasteiger partial charge in [-0.1, -0.05) is 26.0 Å². The summed E-state index contributed by atoms with van der Waals surface area (Å²) in [7, 11) is 0. The second kappa shape index (κ2) is 7.93. The zero-order valence-corrected chi connectivity index (χ0v) is 12.0. The fourth-order valence-corrected chi connectivity index (χ4v) is 1.81. The third kappa shape index (κ3) is 5.86. The molecule has 1 rings (SSSR count). The van der Waals surface area contributed by atoms with Gasteiger partial charge < -0.3 is 9.53 Å². The first-order valence-corrected chi connectivity index (χ1v) is 6.90. The lowest BCUT2D eigenvalue weighted by Crippen LogP contribution is -2.06. The highest BCUT2D eigenvalue weighted by molar-refractivity contribution is 5.75. The van der Waals surface area contributed by atoms with Crippen LogP contribution in [0, 0.1) is 11.7 Å². The van der Waals surface area contributed by atoms with Gasteiger partial charge in [0, 0.05) is 6.42 Å². The van der Waals surface area contributed by atoms with Crippen molar-refractivity contribution in [3.8, 4) is 5.75 Å². The van der Waals surface area contributed by atoms with Gasteiger partial charge in [0.1, 0.15) is 5.78 Å². The second-order valence-corrected chi connectivity index (χ2v) is 5.34. The van der Waals surface area contributed by atoms with Crippen LogP contribution in [-0.2, 0) is 11.2 Å². The van der Waals surface area contributed by atoms with Crippen LogP contribution in [-0.4, -0.2) is 12.4 Å². The molecule has 0 bridgehead atoms. The van der Waals surface area contributed by atoms with Gasteiger partial charge in [0.05, 0.1) is 6.61 Å². The number of Topliss-reactive ketones (excluding diaryl/α,β-unsaturated/α-hetero) is 1. The first kappa shape index (κ1) is 15.7. The van der Waals surface area contributed by atoms with E-state index in [9.17, 15) is 9.18 Å². The maximum absolute atomic E-state index is 14.1. The highest BCUT2D eigenvalue weighted by atomic mass is 19.1. The number of ether oxygens (including phenoxy) is 1. The molecule has 3 heteroatoms. The molecule has 0 saturated heterocycles. The third-order valence-electron chi connectivity index (χ3n) is 2.84. The van der Waals surface area contributed by atoms with Gasteiger partial charge in [-0.2, -0.15) is 0 Å². The maximum Gasteiger partial charge on any atom is 0.168 e. The summed E-state index contributed by atoms with van der Waals surface area (Å²) in [5, 5.41) is 0. The largest absolute Gasteiger partial charge is 0.490 e. The molecule has 0 saturated carbocycles. The molecule has 106 valence electrons. The normalized spacial score (nSPS) is 10.8. The number of unbranched alkanes of at least 4 members (excludes halogenated alkanes) is 1. The molecule has 0 aromatic heterocycles. The van der Waals surface area contributed by atoms with E-state index in [1.54, 1.807) is 19.1 Å². The van der Waals surface area contributed by atoms with Crippen molar-refractivity contribution >= 4 is 5.78 Å². The Bertz CT molecular complexity index is 413. The molecule has 0 unspecified atom stereocenters. The standard InChI is InChI=1S/C16H23FO2/c1-12(2)11-19-15-10-6-9-14(16(15)17)8-5-4-7-13(3)18/h6,9-10,12H,4-5,7-8,11H2,1-3H3. The first-order valence-electron chi connectivity index (χ1n) is 6.90. The lowest BCUT2D eigenvalue weighted by atomic mass is 10.1. The zero-order chi connectivity index (χ0) is 14.3. The average molecular weight is 266 g/mol. The monoisotopic (exact) mass is 266 g/mol. The van der Waals surface area contributed by atoms with Crippen LogP contribution in [0.1, 0.15) is 45.6 Å². The van der Waals surface area contributed by atoms with Crippen molar-refractivity contribution in [2.45, 2.75) is 46.5 Å². The Balaban J connectivity index is 2.54. The molecule has 0 aliphatic rings. The zero-order valence-electron chi connectivity index (χ0n) is 12.0. The number of hydrogen-bond donors (Lipinski definition) is 0. The SMILES string of the molecule is CC(=O)CCCCc1cccc(OCC(C)C)c1F. The Labute approximate surface area is 115 Å². The van der Waals surface area contributed by atoms with Crippen LogP contribution in [0.15, 0.2) is 18.2 Å². The Morgan fingerprint density at radius 1 is 1.32 bits per heavy atom. The number of aryl methyl sites for hydroxylation is 1. The van der Waals surface area contributed by atoms with E-state index in [0.29, 0.717) is 36.7 Å². The minimum absolute atomic E-state index is 0.189. The van der Waals surface area contributed by atoms with Crippen LogP contribution in [0.4, 0.5) is 4.39 Å². The molecule has 0 amide bonds. The maximum atomic E-state index is 14.1. The fraction of sp³-hybridized carbons (Fsp3) is 0.562. The molecule has 0 aliphatic heterocycles. The van der Waals surface area contributed by atoms with E-state index in [2.05, 4.69) is 0 Å². The van der Waals surface area contributed by atoms with Crippen molar-refractivity contribution in [3.05, 3.63) is 29.6 Å². The molecule has 1 aromatic carbocycles. The summed E-state index contributed by atoms with van der Waals surface area (Å²) in [5.74, 6) is 0.636. The van der Waals surface area contributed by atoms with E-state index in [1.807, 2.05) is 19.9 Å². The van der Waals surface area contributed by atoms with Gasteiger partial charge in [-0.25, -0.2) is 4.39 Å². The molecular weight excluding hydrogens is 243 g/mol. The van der Waals surface area contributed by atoms with Gasteiger partial charge in [-0.05, 0) is 43.7 Å². The van der Waals surface area contributed by atoms with Crippen LogP contribution >= 0.6 is 0 Å².